The highest BCUT2D eigenvalue weighted by atomic mass is 16.5. The maximum Gasteiger partial charge on any atom is 0.0964 e. The number of ether oxygens (including phenoxy) is 1. The summed E-state index contributed by atoms with van der Waals surface area (Å²) in [6, 6.07) is 0. The van der Waals surface area contributed by atoms with Crippen molar-refractivity contribution < 1.29 is 4.74 Å². The average molecular weight is 715 g/mol. The highest BCUT2D eigenvalue weighted by Crippen LogP contribution is 2.20. The smallest absolute Gasteiger partial charge is 0.0964 e. The van der Waals surface area contributed by atoms with E-state index in [0.29, 0.717) is 0 Å². The number of hydrogen-bond acceptors (Lipinski definition) is 1. The summed E-state index contributed by atoms with van der Waals surface area (Å²) in [4.78, 5) is 0. The maximum atomic E-state index is 5.95. The minimum absolute atomic E-state index is 0.932. The Morgan fingerprint density at radius 2 is 0.373 bits per heavy atom. The number of allylic oxidation sites excluding steroid dienone is 2. The van der Waals surface area contributed by atoms with Crippen LogP contribution in [0.2, 0.25) is 0 Å². The first-order chi connectivity index (χ1) is 25.2. The normalized spacial score (nSPS) is 11.4. The standard InChI is InChI=1S/C50H98O/c1-5-7-9-11-13-15-17-19-21-23-25-27-29-31-33-35-37-39-41-43-45-47-49(3)51-50(4)48-46-44-42-40-38-36-34-32-30-28-26-24-22-20-18-16-14-12-10-8-6-2/h3-48H2,1-2H3. The molecule has 0 aliphatic carbocycles. The molecule has 0 aromatic heterocycles. The molecule has 51 heavy (non-hydrogen) atoms. The van der Waals surface area contributed by atoms with Gasteiger partial charge in [-0.3, -0.25) is 0 Å². The summed E-state index contributed by atoms with van der Waals surface area (Å²) < 4.78 is 5.95. The van der Waals surface area contributed by atoms with E-state index in [1.54, 1.807) is 0 Å². The Kier molecular flexibility index (Phi) is 44.8. The van der Waals surface area contributed by atoms with Crippen molar-refractivity contribution >= 4 is 0 Å². The molecule has 0 aromatic rings. The van der Waals surface area contributed by atoms with Gasteiger partial charge in [0.2, 0.25) is 0 Å². The zero-order valence-electron chi connectivity index (χ0n) is 35.9. The molecule has 0 atom stereocenters. The van der Waals surface area contributed by atoms with Crippen LogP contribution in [0.15, 0.2) is 24.7 Å². The molecule has 1 heteroatoms. The van der Waals surface area contributed by atoms with Crippen LogP contribution in [-0.4, -0.2) is 0 Å². The third-order valence-electron chi connectivity index (χ3n) is 11.4. The molecule has 0 heterocycles. The molecule has 0 N–H and O–H groups in total. The molecule has 0 saturated carbocycles. The molecule has 0 aromatic carbocycles. The van der Waals surface area contributed by atoms with Gasteiger partial charge in [0.25, 0.3) is 0 Å². The van der Waals surface area contributed by atoms with Gasteiger partial charge in [-0.25, -0.2) is 0 Å². The Morgan fingerprint density at radius 1 is 0.235 bits per heavy atom. The maximum absolute atomic E-state index is 5.95. The van der Waals surface area contributed by atoms with Crippen molar-refractivity contribution in [1.82, 2.24) is 0 Å². The van der Waals surface area contributed by atoms with Crippen LogP contribution in [0.1, 0.15) is 296 Å². The molecule has 0 bridgehead atoms. The van der Waals surface area contributed by atoms with Crippen molar-refractivity contribution in [2.24, 2.45) is 0 Å². The van der Waals surface area contributed by atoms with Crippen LogP contribution in [0.4, 0.5) is 0 Å². The highest BCUT2D eigenvalue weighted by Gasteiger charge is 2.02. The highest BCUT2D eigenvalue weighted by molar-refractivity contribution is 4.93. The summed E-state index contributed by atoms with van der Waals surface area (Å²) in [6.07, 6.45) is 62.1. The van der Waals surface area contributed by atoms with Crippen LogP contribution < -0.4 is 0 Å². The summed E-state index contributed by atoms with van der Waals surface area (Å²) in [5, 5.41) is 0. The van der Waals surface area contributed by atoms with Crippen molar-refractivity contribution in [2.75, 3.05) is 0 Å². The lowest BCUT2D eigenvalue weighted by molar-refractivity contribution is 0.274. The largest absolute Gasteiger partial charge is 0.467 e. The predicted molar refractivity (Wildman–Crippen MR) is 234 cm³/mol. The molecule has 0 spiro atoms. The van der Waals surface area contributed by atoms with Gasteiger partial charge in [-0.15, -0.1) is 0 Å². The lowest BCUT2D eigenvalue weighted by Gasteiger charge is -2.11. The molecule has 0 amide bonds. The zero-order chi connectivity index (χ0) is 37.0. The van der Waals surface area contributed by atoms with Gasteiger partial charge in [0.05, 0.1) is 11.5 Å². The van der Waals surface area contributed by atoms with Gasteiger partial charge < -0.3 is 4.74 Å². The van der Waals surface area contributed by atoms with Crippen LogP contribution in [0, 0.1) is 0 Å². The fraction of sp³-hybridized carbons (Fsp3) is 0.920. The molecule has 0 rings (SSSR count). The second kappa shape index (κ2) is 45.4. The van der Waals surface area contributed by atoms with E-state index in [1.165, 1.54) is 270 Å². The number of unbranched alkanes of at least 4 members (excludes halogenated alkanes) is 40. The quantitative estimate of drug-likeness (QED) is 0.0450. The average Bonchev–Trinajstić information content (AvgIpc) is 3.12. The summed E-state index contributed by atoms with van der Waals surface area (Å²) in [6.45, 7) is 13.0. The van der Waals surface area contributed by atoms with Crippen molar-refractivity contribution in [2.45, 2.75) is 296 Å². The minimum Gasteiger partial charge on any atom is -0.467 e. The molecule has 0 aliphatic heterocycles. The van der Waals surface area contributed by atoms with E-state index in [9.17, 15) is 0 Å². The molecule has 304 valence electrons. The lowest BCUT2D eigenvalue weighted by Crippen LogP contribution is -1.93. The third-order valence-corrected chi connectivity index (χ3v) is 11.4. The molecule has 0 fully saturated rings. The topological polar surface area (TPSA) is 9.23 Å². The monoisotopic (exact) mass is 715 g/mol. The Morgan fingerprint density at radius 3 is 0.529 bits per heavy atom. The van der Waals surface area contributed by atoms with E-state index in [4.69, 9.17) is 4.74 Å². The van der Waals surface area contributed by atoms with E-state index in [0.717, 1.165) is 24.4 Å². The Bertz CT molecular complexity index is 608. The lowest BCUT2D eigenvalue weighted by atomic mass is 10.0. The van der Waals surface area contributed by atoms with Crippen molar-refractivity contribution in [1.29, 1.82) is 0 Å². The second-order valence-corrected chi connectivity index (χ2v) is 16.8. The summed E-state index contributed by atoms with van der Waals surface area (Å²) in [5.41, 5.74) is 0. The van der Waals surface area contributed by atoms with E-state index in [2.05, 4.69) is 27.0 Å². The van der Waals surface area contributed by atoms with E-state index >= 15 is 0 Å². The van der Waals surface area contributed by atoms with Gasteiger partial charge in [0.1, 0.15) is 0 Å². The molecular weight excluding hydrogens is 617 g/mol. The number of rotatable bonds is 46. The first-order valence-corrected chi connectivity index (χ1v) is 24.2. The molecule has 1 nitrogen and oxygen atoms in total. The van der Waals surface area contributed by atoms with E-state index in [-0.39, 0.29) is 0 Å². The fourth-order valence-corrected chi connectivity index (χ4v) is 7.81. The third kappa shape index (κ3) is 45.4. The van der Waals surface area contributed by atoms with Crippen LogP contribution in [0.5, 0.6) is 0 Å². The van der Waals surface area contributed by atoms with Gasteiger partial charge in [-0.2, -0.15) is 0 Å². The van der Waals surface area contributed by atoms with Gasteiger partial charge in [-0.05, 0) is 12.8 Å². The SMILES string of the molecule is C=C(CCCCCCCCCCCCCCCCCCCCCCC)OC(=C)CCCCCCCCCCCCCCCCCCCCCCC. The summed E-state index contributed by atoms with van der Waals surface area (Å²) >= 11 is 0. The Balaban J connectivity index is 3.24. The molecular formula is C50H98O. The Labute approximate surface area is 324 Å². The second-order valence-electron chi connectivity index (χ2n) is 16.8. The minimum atomic E-state index is 0.932. The van der Waals surface area contributed by atoms with Gasteiger partial charge in [0, 0.05) is 12.8 Å². The van der Waals surface area contributed by atoms with Gasteiger partial charge in [0.15, 0.2) is 0 Å². The van der Waals surface area contributed by atoms with E-state index in [1.807, 2.05) is 0 Å². The fourth-order valence-electron chi connectivity index (χ4n) is 7.81. The van der Waals surface area contributed by atoms with Gasteiger partial charge >= 0.3 is 0 Å². The summed E-state index contributed by atoms with van der Waals surface area (Å²) in [7, 11) is 0. The van der Waals surface area contributed by atoms with Crippen molar-refractivity contribution in [3.05, 3.63) is 24.7 Å². The van der Waals surface area contributed by atoms with Crippen LogP contribution in [-0.2, 0) is 4.74 Å². The van der Waals surface area contributed by atoms with Gasteiger partial charge in [-0.1, -0.05) is 284 Å². The Hall–Kier alpha value is -0.720. The van der Waals surface area contributed by atoms with Crippen LogP contribution >= 0.6 is 0 Å². The van der Waals surface area contributed by atoms with Crippen molar-refractivity contribution in [3.8, 4) is 0 Å². The predicted octanol–water partition coefficient (Wildman–Crippen LogP) is 19.2. The van der Waals surface area contributed by atoms with E-state index < -0.39 is 0 Å². The first kappa shape index (κ1) is 50.3. The van der Waals surface area contributed by atoms with Crippen LogP contribution in [0.3, 0.4) is 0 Å². The molecule has 0 saturated heterocycles. The molecule has 0 unspecified atom stereocenters. The van der Waals surface area contributed by atoms with Crippen molar-refractivity contribution in [3.63, 3.8) is 0 Å². The molecule has 0 radical (unpaired) electrons. The molecule has 0 aliphatic rings. The van der Waals surface area contributed by atoms with Crippen LogP contribution in [0.25, 0.3) is 0 Å². The first-order valence-electron chi connectivity index (χ1n) is 24.2. The zero-order valence-corrected chi connectivity index (χ0v) is 35.9. The number of hydrogen-bond donors (Lipinski definition) is 0. The summed E-state index contributed by atoms with van der Waals surface area (Å²) in [5.74, 6) is 1.86.